The van der Waals surface area contributed by atoms with Crippen LogP contribution in [0.1, 0.15) is 34.8 Å². The second kappa shape index (κ2) is 4.90. The van der Waals surface area contributed by atoms with Crippen LogP contribution >= 0.6 is 12.2 Å². The van der Waals surface area contributed by atoms with E-state index in [1.165, 1.54) is 0 Å². The molecule has 0 amide bonds. The number of aromatic carboxylic acids is 1. The number of benzene rings is 1. The molecular weight excluding hydrogens is 246 g/mol. The Bertz CT molecular complexity index is 673. The van der Waals surface area contributed by atoms with Crippen molar-refractivity contribution in [2.24, 2.45) is 0 Å². The maximum absolute atomic E-state index is 11.0. The zero-order chi connectivity index (χ0) is 13.3. The number of aromatic nitrogens is 1. The van der Waals surface area contributed by atoms with Gasteiger partial charge >= 0.3 is 5.97 Å². The largest absolute Gasteiger partial charge is 0.478 e. The van der Waals surface area contributed by atoms with E-state index in [-0.39, 0.29) is 0 Å². The molecule has 0 aliphatic heterocycles. The fourth-order valence-electron chi connectivity index (χ4n) is 2.16. The number of pyridine rings is 1. The molecule has 18 heavy (non-hydrogen) atoms. The van der Waals surface area contributed by atoms with Crippen LogP contribution in [0.4, 0.5) is 0 Å². The third kappa shape index (κ3) is 2.16. The third-order valence-corrected chi connectivity index (χ3v) is 3.54. The zero-order valence-corrected chi connectivity index (χ0v) is 11.2. The quantitative estimate of drug-likeness (QED) is 0.825. The molecule has 4 heteroatoms. The van der Waals surface area contributed by atoms with Gasteiger partial charge in [0.15, 0.2) is 0 Å². The number of carbonyl (C=O) groups is 1. The summed E-state index contributed by atoms with van der Waals surface area (Å²) < 4.78 is 0.731. The van der Waals surface area contributed by atoms with E-state index in [4.69, 9.17) is 17.3 Å². The van der Waals surface area contributed by atoms with Crippen LogP contribution in [0.5, 0.6) is 0 Å². The first-order valence-corrected chi connectivity index (χ1v) is 6.34. The molecule has 3 nitrogen and oxygen atoms in total. The van der Waals surface area contributed by atoms with E-state index in [1.54, 1.807) is 18.2 Å². The Kier molecular flexibility index (Phi) is 3.48. The molecule has 1 aromatic carbocycles. The zero-order valence-electron chi connectivity index (χ0n) is 10.4. The van der Waals surface area contributed by atoms with E-state index in [1.807, 2.05) is 6.92 Å². The Morgan fingerprint density at radius 3 is 2.78 bits per heavy atom. The summed E-state index contributed by atoms with van der Waals surface area (Å²) >= 11 is 5.29. The lowest BCUT2D eigenvalue weighted by molar-refractivity contribution is 0.0697. The van der Waals surface area contributed by atoms with Gasteiger partial charge in [0.1, 0.15) is 4.64 Å². The van der Waals surface area contributed by atoms with Crippen LogP contribution in [0.2, 0.25) is 0 Å². The van der Waals surface area contributed by atoms with E-state index in [9.17, 15) is 4.79 Å². The van der Waals surface area contributed by atoms with Crippen molar-refractivity contribution in [1.82, 2.24) is 4.98 Å². The number of aromatic amines is 1. The Morgan fingerprint density at radius 1 is 1.44 bits per heavy atom. The molecule has 0 unspecified atom stereocenters. The number of hydrogen-bond acceptors (Lipinski definition) is 2. The van der Waals surface area contributed by atoms with Crippen LogP contribution in [0.25, 0.3) is 10.9 Å². The molecule has 0 fully saturated rings. The predicted molar refractivity (Wildman–Crippen MR) is 74.8 cm³/mol. The van der Waals surface area contributed by atoms with Gasteiger partial charge in [0.05, 0.1) is 5.56 Å². The first-order valence-electron chi connectivity index (χ1n) is 5.93. The average Bonchev–Trinajstić information content (AvgIpc) is 2.34. The van der Waals surface area contributed by atoms with E-state index in [0.29, 0.717) is 5.56 Å². The van der Waals surface area contributed by atoms with Crippen molar-refractivity contribution in [1.29, 1.82) is 0 Å². The second-order valence-corrected chi connectivity index (χ2v) is 4.78. The second-order valence-electron chi connectivity index (χ2n) is 4.37. The minimum atomic E-state index is -0.903. The highest BCUT2D eigenvalue weighted by Crippen LogP contribution is 2.24. The van der Waals surface area contributed by atoms with Gasteiger partial charge in [0.25, 0.3) is 0 Å². The monoisotopic (exact) mass is 261 g/mol. The minimum absolute atomic E-state index is 0.310. The van der Waals surface area contributed by atoms with E-state index >= 15 is 0 Å². The predicted octanol–water partition coefficient (Wildman–Crippen LogP) is 3.86. The normalized spacial score (nSPS) is 10.8. The molecule has 0 spiro atoms. The number of nitrogens with one attached hydrogen (secondary N) is 1. The number of carboxylic acid groups (broad SMARTS) is 1. The summed E-state index contributed by atoms with van der Waals surface area (Å²) in [5.74, 6) is -0.903. The molecule has 1 aromatic heterocycles. The molecule has 2 aromatic rings. The minimum Gasteiger partial charge on any atom is -0.478 e. The van der Waals surface area contributed by atoms with Crippen molar-refractivity contribution in [2.45, 2.75) is 26.7 Å². The molecule has 0 bridgehead atoms. The molecule has 2 rings (SSSR count). The lowest BCUT2D eigenvalue weighted by Crippen LogP contribution is -1.99. The summed E-state index contributed by atoms with van der Waals surface area (Å²) in [7, 11) is 0. The lowest BCUT2D eigenvalue weighted by atomic mass is 9.99. The molecule has 94 valence electrons. The van der Waals surface area contributed by atoms with Crippen molar-refractivity contribution in [3.63, 3.8) is 0 Å². The smallest absolute Gasteiger partial charge is 0.335 e. The van der Waals surface area contributed by atoms with E-state index in [0.717, 1.165) is 39.5 Å². The Morgan fingerprint density at radius 2 is 2.17 bits per heavy atom. The molecule has 1 heterocycles. The summed E-state index contributed by atoms with van der Waals surface area (Å²) in [5, 5.41) is 10.0. The van der Waals surface area contributed by atoms with Crippen LogP contribution in [0.15, 0.2) is 18.2 Å². The fraction of sp³-hybridized carbons (Fsp3) is 0.286. The van der Waals surface area contributed by atoms with Gasteiger partial charge in [-0.1, -0.05) is 25.6 Å². The number of aryl methyl sites for hydroxylation is 1. The molecule has 0 aliphatic carbocycles. The molecule has 2 N–H and O–H groups in total. The first-order chi connectivity index (χ1) is 8.54. The maximum atomic E-state index is 11.0. The molecule has 0 radical (unpaired) electrons. The number of fused-ring (bicyclic) bond motifs is 1. The van der Waals surface area contributed by atoms with E-state index in [2.05, 4.69) is 11.9 Å². The number of carboxylic acids is 1. The summed E-state index contributed by atoms with van der Waals surface area (Å²) in [6.45, 7) is 4.09. The van der Waals surface area contributed by atoms with Crippen molar-refractivity contribution < 1.29 is 9.90 Å². The number of hydrogen-bond donors (Lipinski definition) is 2. The fourth-order valence-corrected chi connectivity index (χ4v) is 2.40. The van der Waals surface area contributed by atoms with Gasteiger partial charge in [0, 0.05) is 10.9 Å². The highest BCUT2D eigenvalue weighted by Gasteiger charge is 2.10. The molecular formula is C14H15NO2S. The van der Waals surface area contributed by atoms with Gasteiger partial charge in [-0.05, 0) is 42.7 Å². The first kappa shape index (κ1) is 12.8. The van der Waals surface area contributed by atoms with Crippen LogP contribution in [-0.4, -0.2) is 16.1 Å². The standard InChI is InChI=1S/C14H15NO2S/c1-3-4-10-8(2)13(18)15-12-6-5-9(14(16)17)7-11(10)12/h5-7H,3-4H2,1-2H3,(H,15,18)(H,16,17). The molecule has 0 saturated carbocycles. The van der Waals surface area contributed by atoms with Gasteiger partial charge in [-0.2, -0.15) is 0 Å². The topological polar surface area (TPSA) is 53.1 Å². The van der Waals surface area contributed by atoms with Crippen molar-refractivity contribution in [3.05, 3.63) is 39.5 Å². The Hall–Kier alpha value is -1.68. The van der Waals surface area contributed by atoms with Crippen LogP contribution in [-0.2, 0) is 6.42 Å². The summed E-state index contributed by atoms with van der Waals surface area (Å²) in [5.41, 5.74) is 3.41. The number of rotatable bonds is 3. The van der Waals surface area contributed by atoms with Crippen LogP contribution in [0, 0.1) is 11.6 Å². The molecule has 0 atom stereocenters. The van der Waals surface area contributed by atoms with E-state index < -0.39 is 5.97 Å². The Balaban J connectivity index is 2.82. The molecule has 0 saturated heterocycles. The summed E-state index contributed by atoms with van der Waals surface area (Å²) in [6.07, 6.45) is 1.91. The van der Waals surface area contributed by atoms with Crippen molar-refractivity contribution >= 4 is 29.1 Å². The highest BCUT2D eigenvalue weighted by molar-refractivity contribution is 7.71. The third-order valence-electron chi connectivity index (χ3n) is 3.13. The van der Waals surface area contributed by atoms with Gasteiger partial charge in [-0.15, -0.1) is 0 Å². The van der Waals surface area contributed by atoms with Crippen LogP contribution < -0.4 is 0 Å². The van der Waals surface area contributed by atoms with Crippen molar-refractivity contribution in [3.8, 4) is 0 Å². The molecule has 0 aliphatic rings. The van der Waals surface area contributed by atoms with Gasteiger partial charge in [-0.25, -0.2) is 4.79 Å². The maximum Gasteiger partial charge on any atom is 0.335 e. The lowest BCUT2D eigenvalue weighted by Gasteiger charge is -2.10. The van der Waals surface area contributed by atoms with Crippen molar-refractivity contribution in [2.75, 3.05) is 0 Å². The summed E-state index contributed by atoms with van der Waals surface area (Å²) in [4.78, 5) is 14.2. The highest BCUT2D eigenvalue weighted by atomic mass is 32.1. The SMILES string of the molecule is CCCc1c(C)c(=S)[nH]c2ccc(C(=O)O)cc12. The van der Waals surface area contributed by atoms with Gasteiger partial charge in [0.2, 0.25) is 0 Å². The summed E-state index contributed by atoms with van der Waals surface area (Å²) in [6, 6.07) is 5.11. The van der Waals surface area contributed by atoms with Crippen LogP contribution in [0.3, 0.4) is 0 Å². The van der Waals surface area contributed by atoms with Gasteiger partial charge < -0.3 is 10.1 Å². The Labute approximate surface area is 110 Å². The van der Waals surface area contributed by atoms with Gasteiger partial charge in [-0.3, -0.25) is 0 Å². The average molecular weight is 261 g/mol. The number of H-pyrrole nitrogens is 1.